The Morgan fingerprint density at radius 1 is 0.389 bits per heavy atom. The lowest BCUT2D eigenvalue weighted by molar-refractivity contribution is -0.121. The minimum absolute atomic E-state index is 0.0167. The van der Waals surface area contributed by atoms with Gasteiger partial charge in [-0.05, 0) is 71.0 Å². The Balaban J connectivity index is 5.38. The number of carbonyl (C=O) groups is 7. The number of thiol groups is 1. The van der Waals surface area contributed by atoms with E-state index in [9.17, 15) is 33.6 Å². The molecule has 0 aromatic carbocycles. The number of primary amides is 1. The zero-order chi connectivity index (χ0) is 54.3. The molecule has 30 N–H and O–H groups in total. The fourth-order valence-corrected chi connectivity index (χ4v) is 6.41. The summed E-state index contributed by atoms with van der Waals surface area (Å²) in [5.41, 5.74) is 48.5. The monoisotopic (exact) mass is 1050 g/mol. The molecule has 0 aromatic heterocycles. The summed E-state index contributed by atoms with van der Waals surface area (Å²) in [7, 11) is 0. The Morgan fingerprint density at radius 3 is 0.931 bits per heavy atom. The summed E-state index contributed by atoms with van der Waals surface area (Å²) in [6, 6.07) is -6.78. The number of rotatable bonds is 36. The third-order valence-electron chi connectivity index (χ3n) is 9.67. The normalized spacial score (nSPS) is 12.9. The molecule has 0 saturated heterocycles. The topological polar surface area (TPSA) is 547 Å². The summed E-state index contributed by atoms with van der Waals surface area (Å²) in [5.74, 6) is -0.181. The molecule has 0 bridgehead atoms. The molecule has 0 spiro atoms. The van der Waals surface area contributed by atoms with Gasteiger partial charge in [0.2, 0.25) is 5.91 Å². The van der Waals surface area contributed by atoms with Crippen LogP contribution in [0.2, 0.25) is 0 Å². The second-order valence-electron chi connectivity index (χ2n) is 16.4. The van der Waals surface area contributed by atoms with E-state index in [1.54, 1.807) is 13.8 Å². The van der Waals surface area contributed by atoms with E-state index in [0.29, 0.717) is 70.2 Å². The first-order chi connectivity index (χ1) is 34.1. The van der Waals surface area contributed by atoms with Gasteiger partial charge in [-0.1, -0.05) is 0 Å². The number of nitrogens with one attached hydrogen (secondary N) is 12. The largest absolute Gasteiger partial charge is 0.370 e. The van der Waals surface area contributed by atoms with Gasteiger partial charge in [0.15, 0.2) is 23.8 Å². The highest BCUT2D eigenvalue weighted by atomic mass is 32.1. The van der Waals surface area contributed by atoms with Gasteiger partial charge in [-0.25, -0.2) is 28.8 Å². The highest BCUT2D eigenvalue weighted by Gasteiger charge is 2.20. The number of guanidine groups is 4. The number of urea groups is 6. The number of carbonyl (C=O) groups excluding carboxylic acids is 7. The van der Waals surface area contributed by atoms with Crippen molar-refractivity contribution < 1.29 is 33.6 Å². The number of hydrogen-bond acceptors (Lipinski definition) is 12. The molecule has 0 aliphatic heterocycles. The molecule has 0 unspecified atom stereocenters. The number of hydrogen-bond donors (Lipinski definition) is 22. The minimum atomic E-state index is -0.758. The van der Waals surface area contributed by atoms with Crippen molar-refractivity contribution in [2.24, 2.45) is 71.6 Å². The molecule has 32 nitrogen and oxygen atoms in total. The van der Waals surface area contributed by atoms with E-state index < -0.39 is 72.4 Å². The molecule has 0 fully saturated rings. The molecule has 6 atom stereocenters. The second-order valence-corrected chi connectivity index (χ2v) is 16.9. The standard InChI is InChI=1S/C39H83N25O7S/c1-23(59-35(67)56-20-25(61-29(65)11-16-72)7-3-12-49-30(40)41)18-55-38(70)63-28(10-6-15-52-33(46)47)22-58-39(71)64-27(9-5-14-51-32(44)45)21-57-36(68)60-24(2)17-54-37(69)62-26(19-53-34(48)66)8-4-13-50-31(42)43/h23-28,72H,3-22H2,1-2H3,(H,61,65)(H4,40,41,49)(H4,42,43,50)(H4,44,45,51)(H4,46,47,52)(H3,48,53,66)(H2,54,62,69)(H2,55,63,70)(H2,56,59,67)(H2,57,60,68)(H2,58,64,71)/t23-,24-,25-,26-,27-,28-/m0/s1. The first-order valence-corrected chi connectivity index (χ1v) is 24.1. The Kier molecular flexibility index (Phi) is 35.2. The van der Waals surface area contributed by atoms with Crippen LogP contribution in [0, 0.1) is 0 Å². The molecule has 0 aromatic rings. The van der Waals surface area contributed by atoms with Crippen LogP contribution in [0.4, 0.5) is 28.8 Å². The summed E-state index contributed by atoms with van der Waals surface area (Å²) in [6.07, 6.45) is 3.76. The van der Waals surface area contributed by atoms with Gasteiger partial charge in [0, 0.05) is 108 Å². The van der Waals surface area contributed by atoms with Gasteiger partial charge >= 0.3 is 36.2 Å². The first kappa shape index (κ1) is 64.5. The van der Waals surface area contributed by atoms with Crippen molar-refractivity contribution in [3.8, 4) is 0 Å². The van der Waals surface area contributed by atoms with Gasteiger partial charge in [-0.15, -0.1) is 0 Å². The van der Waals surface area contributed by atoms with Crippen molar-refractivity contribution in [1.29, 1.82) is 0 Å². The van der Waals surface area contributed by atoms with Crippen molar-refractivity contribution in [2.75, 3.05) is 71.2 Å². The van der Waals surface area contributed by atoms with Crippen LogP contribution < -0.4 is 115 Å². The molecule has 72 heavy (non-hydrogen) atoms. The maximum atomic E-state index is 13.2. The first-order valence-electron chi connectivity index (χ1n) is 23.4. The second kappa shape index (κ2) is 39.3. The summed E-state index contributed by atoms with van der Waals surface area (Å²) in [5, 5.41) is 32.7. The van der Waals surface area contributed by atoms with Crippen molar-refractivity contribution >= 4 is 78.6 Å². The van der Waals surface area contributed by atoms with Crippen LogP contribution in [0.3, 0.4) is 0 Å². The molecule has 13 amide bonds. The fraction of sp³-hybridized carbons (Fsp3) is 0.718. The quantitative estimate of drug-likeness (QED) is 0.0120. The SMILES string of the molecule is C[C@@H](CNC(=O)N[C@@H](CCCN=C(N)N)CNC(=O)N[C@@H](CCCN=C(N)N)CNC(=O)N[C@@H](C)CNC(=O)N[C@@H](CCCN=C(N)N)CNC(N)=O)NC(=O)NC[C@H](CCCN=C(N)N)NC(=O)CCS. The molecular formula is C39H83N25O7S. The van der Waals surface area contributed by atoms with Gasteiger partial charge in [0.05, 0.1) is 0 Å². The summed E-state index contributed by atoms with van der Waals surface area (Å²) >= 11 is 4.09. The highest BCUT2D eigenvalue weighted by Crippen LogP contribution is 2.02. The van der Waals surface area contributed by atoms with Gasteiger partial charge < -0.3 is 115 Å². The van der Waals surface area contributed by atoms with Gasteiger partial charge in [-0.2, -0.15) is 12.6 Å². The summed E-state index contributed by atoms with van der Waals surface area (Å²) in [6.45, 7) is 4.72. The average molecular weight is 1050 g/mol. The Morgan fingerprint density at radius 2 is 0.653 bits per heavy atom. The minimum Gasteiger partial charge on any atom is -0.370 e. The maximum Gasteiger partial charge on any atom is 0.315 e. The van der Waals surface area contributed by atoms with Crippen molar-refractivity contribution in [3.63, 3.8) is 0 Å². The van der Waals surface area contributed by atoms with Crippen molar-refractivity contribution in [2.45, 2.75) is 108 Å². The van der Waals surface area contributed by atoms with Crippen LogP contribution in [-0.4, -0.2) is 173 Å². The highest BCUT2D eigenvalue weighted by molar-refractivity contribution is 7.80. The molecule has 33 heteroatoms. The molecule has 0 saturated carbocycles. The lowest BCUT2D eigenvalue weighted by Gasteiger charge is -2.23. The van der Waals surface area contributed by atoms with Crippen LogP contribution in [0.1, 0.15) is 71.6 Å². The third kappa shape index (κ3) is 39.4. The summed E-state index contributed by atoms with van der Waals surface area (Å²) < 4.78 is 0. The van der Waals surface area contributed by atoms with E-state index in [1.165, 1.54) is 0 Å². The predicted octanol–water partition coefficient (Wildman–Crippen LogP) is -5.95. The van der Waals surface area contributed by atoms with Crippen LogP contribution in [-0.2, 0) is 4.79 Å². The van der Waals surface area contributed by atoms with E-state index >= 15 is 0 Å². The molecule has 0 rings (SSSR count). The Labute approximate surface area is 425 Å². The number of aliphatic imine (C=N–C) groups is 4. The van der Waals surface area contributed by atoms with E-state index in [2.05, 4.69) is 96.4 Å². The zero-order valence-electron chi connectivity index (χ0n) is 41.4. The van der Waals surface area contributed by atoms with E-state index in [-0.39, 0.29) is 88.5 Å². The molecule has 412 valence electrons. The van der Waals surface area contributed by atoms with Gasteiger partial charge in [0.25, 0.3) is 0 Å². The lowest BCUT2D eigenvalue weighted by Crippen LogP contribution is -2.54. The average Bonchev–Trinajstić information content (AvgIpc) is 3.29. The maximum absolute atomic E-state index is 13.2. The predicted molar refractivity (Wildman–Crippen MR) is 281 cm³/mol. The van der Waals surface area contributed by atoms with Crippen molar-refractivity contribution in [1.82, 2.24) is 63.8 Å². The van der Waals surface area contributed by atoms with E-state index in [1.807, 2.05) is 0 Å². The van der Waals surface area contributed by atoms with Crippen LogP contribution in [0.25, 0.3) is 0 Å². The van der Waals surface area contributed by atoms with Gasteiger partial charge in [-0.3, -0.25) is 24.8 Å². The fourth-order valence-electron chi connectivity index (χ4n) is 6.21. The van der Waals surface area contributed by atoms with Crippen molar-refractivity contribution in [3.05, 3.63) is 0 Å². The molecule has 0 aliphatic rings. The van der Waals surface area contributed by atoms with Crippen LogP contribution in [0.15, 0.2) is 20.0 Å². The van der Waals surface area contributed by atoms with E-state index in [4.69, 9.17) is 51.6 Å². The Hall–Kier alpha value is -7.48. The van der Waals surface area contributed by atoms with Crippen LogP contribution >= 0.6 is 12.6 Å². The molecule has 0 heterocycles. The number of nitrogens with two attached hydrogens (primary N) is 9. The molecule has 0 aliphatic carbocycles. The lowest BCUT2D eigenvalue weighted by atomic mass is 10.1. The number of amides is 13. The van der Waals surface area contributed by atoms with Crippen LogP contribution in [0.5, 0.6) is 0 Å². The van der Waals surface area contributed by atoms with Gasteiger partial charge in [0.1, 0.15) is 0 Å². The molecular weight excluding hydrogens is 963 g/mol. The third-order valence-corrected chi connectivity index (χ3v) is 9.90. The molecule has 0 radical (unpaired) electrons. The number of nitrogens with zero attached hydrogens (tertiary/aromatic N) is 4. The van der Waals surface area contributed by atoms with E-state index in [0.717, 1.165) is 0 Å². The zero-order valence-corrected chi connectivity index (χ0v) is 42.3. The smallest absolute Gasteiger partial charge is 0.315 e. The summed E-state index contributed by atoms with van der Waals surface area (Å²) in [4.78, 5) is 104. The Bertz CT molecular complexity index is 1760.